The first kappa shape index (κ1) is 13.0. The molecule has 1 atom stereocenters. The number of hydrogen-bond acceptors (Lipinski definition) is 1. The summed E-state index contributed by atoms with van der Waals surface area (Å²) >= 11 is 0. The third-order valence-corrected chi connectivity index (χ3v) is 2.86. The van der Waals surface area contributed by atoms with Gasteiger partial charge in [-0.05, 0) is 25.3 Å². The highest BCUT2D eigenvalue weighted by molar-refractivity contribution is 4.58. The Balaban J connectivity index is 3.25. The Morgan fingerprint density at radius 1 is 0.923 bits per heavy atom. The first-order valence-electron chi connectivity index (χ1n) is 6.05. The van der Waals surface area contributed by atoms with Crippen LogP contribution in [0.5, 0.6) is 0 Å². The van der Waals surface area contributed by atoms with E-state index in [4.69, 9.17) is 5.73 Å². The molecule has 1 unspecified atom stereocenters. The van der Waals surface area contributed by atoms with Crippen LogP contribution in [0.3, 0.4) is 0 Å². The first-order chi connectivity index (χ1) is 6.35. The minimum Gasteiger partial charge on any atom is -0.330 e. The largest absolute Gasteiger partial charge is 0.330 e. The van der Waals surface area contributed by atoms with Crippen molar-refractivity contribution in [3.05, 3.63) is 0 Å². The van der Waals surface area contributed by atoms with Crippen molar-refractivity contribution < 1.29 is 0 Å². The van der Waals surface area contributed by atoms with Crippen molar-refractivity contribution in [2.75, 3.05) is 6.54 Å². The van der Waals surface area contributed by atoms with Crippen molar-refractivity contribution in [3.8, 4) is 0 Å². The molecule has 0 saturated heterocycles. The summed E-state index contributed by atoms with van der Waals surface area (Å²) in [6.07, 6.45) is 10.9. The van der Waals surface area contributed by atoms with Crippen LogP contribution in [0.15, 0.2) is 0 Å². The van der Waals surface area contributed by atoms with Crippen molar-refractivity contribution in [1.29, 1.82) is 0 Å². The molecule has 0 heterocycles. The second kappa shape index (κ2) is 10.0. The van der Waals surface area contributed by atoms with E-state index in [9.17, 15) is 0 Å². The predicted molar refractivity (Wildman–Crippen MR) is 60.8 cm³/mol. The molecule has 2 N–H and O–H groups in total. The van der Waals surface area contributed by atoms with Gasteiger partial charge >= 0.3 is 0 Å². The fourth-order valence-electron chi connectivity index (χ4n) is 1.82. The van der Waals surface area contributed by atoms with Crippen molar-refractivity contribution in [3.63, 3.8) is 0 Å². The maximum atomic E-state index is 5.51. The molecule has 0 aromatic heterocycles. The normalized spacial score (nSPS) is 13.2. The molecule has 0 radical (unpaired) electrons. The van der Waals surface area contributed by atoms with Crippen LogP contribution in [0, 0.1) is 5.92 Å². The molecule has 0 aliphatic carbocycles. The van der Waals surface area contributed by atoms with Crippen LogP contribution in [0.25, 0.3) is 0 Å². The molecule has 80 valence electrons. The molecule has 1 heteroatoms. The first-order valence-corrected chi connectivity index (χ1v) is 6.05. The lowest BCUT2D eigenvalue weighted by atomic mass is 9.94. The summed E-state index contributed by atoms with van der Waals surface area (Å²) in [4.78, 5) is 0. The van der Waals surface area contributed by atoms with Gasteiger partial charge in [-0.3, -0.25) is 0 Å². The van der Waals surface area contributed by atoms with Gasteiger partial charge in [-0.25, -0.2) is 0 Å². The van der Waals surface area contributed by atoms with Crippen LogP contribution in [0.1, 0.15) is 65.2 Å². The van der Waals surface area contributed by atoms with Crippen LogP contribution in [-0.2, 0) is 0 Å². The lowest BCUT2D eigenvalue weighted by Crippen LogP contribution is -2.04. The Kier molecular flexibility index (Phi) is 10.0. The Morgan fingerprint density at radius 2 is 1.62 bits per heavy atom. The highest BCUT2D eigenvalue weighted by atomic mass is 14.5. The van der Waals surface area contributed by atoms with E-state index in [2.05, 4.69) is 13.8 Å². The average molecular weight is 185 g/mol. The van der Waals surface area contributed by atoms with Gasteiger partial charge in [0.05, 0.1) is 0 Å². The van der Waals surface area contributed by atoms with Crippen molar-refractivity contribution in [2.24, 2.45) is 11.7 Å². The Hall–Kier alpha value is -0.0400. The molecule has 0 rings (SSSR count). The molecule has 0 aromatic rings. The van der Waals surface area contributed by atoms with E-state index < -0.39 is 0 Å². The third-order valence-electron chi connectivity index (χ3n) is 2.86. The van der Waals surface area contributed by atoms with Gasteiger partial charge in [-0.15, -0.1) is 0 Å². The zero-order valence-electron chi connectivity index (χ0n) is 9.52. The standard InChI is InChI=1S/C12H27N/c1-3-5-6-7-9-12(4-2)10-8-11-13/h12H,3-11,13H2,1-2H3. The number of hydrogen-bond donors (Lipinski definition) is 1. The molecule has 0 fully saturated rings. The monoisotopic (exact) mass is 185 g/mol. The van der Waals surface area contributed by atoms with Crippen molar-refractivity contribution in [2.45, 2.75) is 65.2 Å². The zero-order chi connectivity index (χ0) is 9.94. The molecule has 0 aliphatic rings. The summed E-state index contributed by atoms with van der Waals surface area (Å²) in [6.45, 7) is 5.44. The van der Waals surface area contributed by atoms with Crippen LogP contribution in [0.2, 0.25) is 0 Å². The molecule has 0 amide bonds. The van der Waals surface area contributed by atoms with Gasteiger partial charge in [0.15, 0.2) is 0 Å². The minimum absolute atomic E-state index is 0.867. The zero-order valence-corrected chi connectivity index (χ0v) is 9.52. The fraction of sp³-hybridized carbons (Fsp3) is 1.00. The SMILES string of the molecule is CCCCCCC(CC)CCCN. The second-order valence-electron chi connectivity index (χ2n) is 4.05. The molecule has 0 spiro atoms. The highest BCUT2D eigenvalue weighted by Crippen LogP contribution is 2.18. The van der Waals surface area contributed by atoms with Gasteiger partial charge in [0.1, 0.15) is 0 Å². The number of rotatable bonds is 9. The Bertz CT molecular complexity index is 91.1. The van der Waals surface area contributed by atoms with Crippen molar-refractivity contribution in [1.82, 2.24) is 0 Å². The molecular formula is C12H27N. The fourth-order valence-corrected chi connectivity index (χ4v) is 1.82. The molecule has 0 aliphatic heterocycles. The topological polar surface area (TPSA) is 26.0 Å². The van der Waals surface area contributed by atoms with E-state index in [0.717, 1.165) is 12.5 Å². The van der Waals surface area contributed by atoms with E-state index in [-0.39, 0.29) is 0 Å². The van der Waals surface area contributed by atoms with Crippen LogP contribution >= 0.6 is 0 Å². The highest BCUT2D eigenvalue weighted by Gasteiger charge is 2.04. The maximum absolute atomic E-state index is 5.51. The lowest BCUT2D eigenvalue weighted by molar-refractivity contribution is 0.405. The quantitative estimate of drug-likeness (QED) is 0.544. The molecule has 1 nitrogen and oxygen atoms in total. The summed E-state index contributed by atoms with van der Waals surface area (Å²) in [5.41, 5.74) is 5.51. The number of unbranched alkanes of at least 4 members (excludes halogenated alkanes) is 3. The summed E-state index contributed by atoms with van der Waals surface area (Å²) in [6, 6.07) is 0. The summed E-state index contributed by atoms with van der Waals surface area (Å²) in [5, 5.41) is 0. The van der Waals surface area contributed by atoms with Gasteiger partial charge in [0, 0.05) is 0 Å². The molecule has 0 bridgehead atoms. The molecular weight excluding hydrogens is 158 g/mol. The van der Waals surface area contributed by atoms with E-state index >= 15 is 0 Å². The second-order valence-corrected chi connectivity index (χ2v) is 4.05. The summed E-state index contributed by atoms with van der Waals surface area (Å²) in [7, 11) is 0. The molecule has 13 heavy (non-hydrogen) atoms. The number of nitrogens with two attached hydrogens (primary N) is 1. The predicted octanol–water partition coefficient (Wildman–Crippen LogP) is 3.72. The van der Waals surface area contributed by atoms with Crippen molar-refractivity contribution >= 4 is 0 Å². The van der Waals surface area contributed by atoms with Crippen LogP contribution in [0.4, 0.5) is 0 Å². The third kappa shape index (κ3) is 8.29. The summed E-state index contributed by atoms with van der Waals surface area (Å²) < 4.78 is 0. The van der Waals surface area contributed by atoms with E-state index in [1.165, 1.54) is 51.4 Å². The van der Waals surface area contributed by atoms with Gasteiger partial charge in [-0.2, -0.15) is 0 Å². The van der Waals surface area contributed by atoms with E-state index in [1.54, 1.807) is 0 Å². The maximum Gasteiger partial charge on any atom is -0.00772 e. The molecule has 0 saturated carbocycles. The summed E-state index contributed by atoms with van der Waals surface area (Å²) in [5.74, 6) is 0.945. The Labute approximate surface area is 84.1 Å². The van der Waals surface area contributed by atoms with Crippen LogP contribution < -0.4 is 5.73 Å². The van der Waals surface area contributed by atoms with Crippen LogP contribution in [-0.4, -0.2) is 6.54 Å². The van der Waals surface area contributed by atoms with Gasteiger partial charge in [0.2, 0.25) is 0 Å². The van der Waals surface area contributed by atoms with Gasteiger partial charge in [-0.1, -0.05) is 52.4 Å². The minimum atomic E-state index is 0.867. The lowest BCUT2D eigenvalue weighted by Gasteiger charge is -2.13. The van der Waals surface area contributed by atoms with Gasteiger partial charge in [0.25, 0.3) is 0 Å². The van der Waals surface area contributed by atoms with Gasteiger partial charge < -0.3 is 5.73 Å². The smallest absolute Gasteiger partial charge is 0.00772 e. The van der Waals surface area contributed by atoms with E-state index in [0.29, 0.717) is 0 Å². The molecule has 0 aromatic carbocycles. The van der Waals surface area contributed by atoms with E-state index in [1.807, 2.05) is 0 Å². The average Bonchev–Trinajstić information content (AvgIpc) is 2.17. The Morgan fingerprint density at radius 3 is 2.15 bits per heavy atom.